The van der Waals surface area contributed by atoms with Crippen LogP contribution in [0.15, 0.2) is 23.7 Å². The summed E-state index contributed by atoms with van der Waals surface area (Å²) in [6, 6.07) is 4.05. The maximum absolute atomic E-state index is 11.7. The van der Waals surface area contributed by atoms with Crippen LogP contribution in [0.4, 0.5) is 0 Å². The van der Waals surface area contributed by atoms with E-state index in [-0.39, 0.29) is 12.5 Å². The number of rotatable bonds is 7. The average molecular weight is 294 g/mol. The van der Waals surface area contributed by atoms with E-state index in [0.29, 0.717) is 18.7 Å². The number of amides is 1. The number of thiophene rings is 1. The fourth-order valence-corrected chi connectivity index (χ4v) is 2.44. The van der Waals surface area contributed by atoms with E-state index < -0.39 is 6.10 Å². The highest BCUT2D eigenvalue weighted by atomic mass is 32.1. The van der Waals surface area contributed by atoms with Gasteiger partial charge in [0.15, 0.2) is 0 Å². The summed E-state index contributed by atoms with van der Waals surface area (Å²) in [4.78, 5) is 13.0. The van der Waals surface area contributed by atoms with Crippen LogP contribution in [0.1, 0.15) is 30.0 Å². The molecule has 2 heterocycles. The van der Waals surface area contributed by atoms with Crippen molar-refractivity contribution in [1.82, 2.24) is 20.3 Å². The molecule has 0 spiro atoms. The summed E-state index contributed by atoms with van der Waals surface area (Å²) in [5, 5.41) is 22.1. The molecule has 2 aromatic rings. The normalized spacial score (nSPS) is 12.3. The smallest absolute Gasteiger partial charge is 0.241 e. The molecule has 2 N–H and O–H groups in total. The van der Waals surface area contributed by atoms with Crippen molar-refractivity contribution in [2.45, 2.75) is 32.4 Å². The van der Waals surface area contributed by atoms with Crippen LogP contribution in [-0.2, 0) is 17.8 Å². The fourth-order valence-electron chi connectivity index (χ4n) is 1.74. The molecule has 20 heavy (non-hydrogen) atoms. The molecule has 0 saturated carbocycles. The van der Waals surface area contributed by atoms with Gasteiger partial charge in [0, 0.05) is 11.4 Å². The van der Waals surface area contributed by atoms with E-state index in [4.69, 9.17) is 0 Å². The minimum absolute atomic E-state index is 0.107. The molecular formula is C13H18N4O2S. The summed E-state index contributed by atoms with van der Waals surface area (Å²) in [5.41, 5.74) is 0.499. The second-order valence-corrected chi connectivity index (χ2v) is 5.48. The van der Waals surface area contributed by atoms with Crippen molar-refractivity contribution >= 4 is 17.2 Å². The molecule has 1 amide bonds. The molecule has 0 aliphatic heterocycles. The lowest BCUT2D eigenvalue weighted by atomic mass is 10.2. The number of hydrogen-bond acceptors (Lipinski definition) is 5. The Balaban J connectivity index is 1.75. The van der Waals surface area contributed by atoms with Crippen LogP contribution in [0.5, 0.6) is 0 Å². The number of carbonyl (C=O) groups is 1. The van der Waals surface area contributed by atoms with Gasteiger partial charge in [0.05, 0.1) is 12.3 Å². The first kappa shape index (κ1) is 14.7. The van der Waals surface area contributed by atoms with Gasteiger partial charge < -0.3 is 10.4 Å². The Kier molecular flexibility index (Phi) is 5.25. The maximum atomic E-state index is 11.7. The monoisotopic (exact) mass is 294 g/mol. The zero-order chi connectivity index (χ0) is 14.4. The van der Waals surface area contributed by atoms with Crippen LogP contribution in [0.2, 0.25) is 0 Å². The number of hydrogen-bond donors (Lipinski definition) is 2. The van der Waals surface area contributed by atoms with Crippen LogP contribution in [-0.4, -0.2) is 32.6 Å². The second kappa shape index (κ2) is 7.16. The van der Waals surface area contributed by atoms with Gasteiger partial charge in [0.1, 0.15) is 12.2 Å². The predicted octanol–water partition coefficient (Wildman–Crippen LogP) is 1.14. The van der Waals surface area contributed by atoms with E-state index in [0.717, 1.165) is 6.42 Å². The minimum atomic E-state index is -0.620. The van der Waals surface area contributed by atoms with Gasteiger partial charge in [-0.2, -0.15) is 0 Å². The molecule has 0 bridgehead atoms. The van der Waals surface area contributed by atoms with Gasteiger partial charge in [-0.05, 0) is 24.3 Å². The lowest BCUT2D eigenvalue weighted by Gasteiger charge is -2.04. The number of carbonyl (C=O) groups excluding carboxylic acids is 1. The molecule has 108 valence electrons. The Labute approximate surface area is 121 Å². The zero-order valence-corrected chi connectivity index (χ0v) is 12.1. The first-order valence-corrected chi connectivity index (χ1v) is 7.44. The van der Waals surface area contributed by atoms with Gasteiger partial charge >= 0.3 is 0 Å². The Morgan fingerprint density at radius 1 is 1.60 bits per heavy atom. The molecule has 2 rings (SSSR count). The third kappa shape index (κ3) is 4.14. The summed E-state index contributed by atoms with van der Waals surface area (Å²) in [5.74, 6) is -0.107. The molecule has 1 atom stereocenters. The van der Waals surface area contributed by atoms with E-state index in [1.807, 2.05) is 24.4 Å². The van der Waals surface area contributed by atoms with Crippen molar-refractivity contribution in [2.75, 3.05) is 6.54 Å². The Bertz CT molecular complexity index is 538. The van der Waals surface area contributed by atoms with Gasteiger partial charge in [0.25, 0.3) is 0 Å². The topological polar surface area (TPSA) is 80.0 Å². The molecule has 0 saturated heterocycles. The van der Waals surface area contributed by atoms with Gasteiger partial charge in [-0.25, -0.2) is 4.68 Å². The molecule has 0 aliphatic rings. The maximum Gasteiger partial charge on any atom is 0.241 e. The number of nitrogens with one attached hydrogen (secondary N) is 1. The third-order valence-electron chi connectivity index (χ3n) is 2.86. The van der Waals surface area contributed by atoms with Crippen molar-refractivity contribution in [3.05, 3.63) is 34.3 Å². The summed E-state index contributed by atoms with van der Waals surface area (Å²) in [7, 11) is 0. The summed E-state index contributed by atoms with van der Waals surface area (Å²) in [6.45, 7) is 2.59. The molecule has 0 aromatic carbocycles. The average Bonchev–Trinajstić information content (AvgIpc) is 3.09. The third-order valence-corrected chi connectivity index (χ3v) is 3.80. The van der Waals surface area contributed by atoms with Crippen LogP contribution < -0.4 is 5.32 Å². The number of aliphatic hydroxyl groups excluding tert-OH is 1. The van der Waals surface area contributed by atoms with Crippen molar-refractivity contribution in [3.8, 4) is 0 Å². The number of aromatic nitrogens is 3. The SMILES string of the molecule is CCC(O)c1cn(CC(=O)NCCc2cccs2)nn1. The highest BCUT2D eigenvalue weighted by Gasteiger charge is 2.11. The van der Waals surface area contributed by atoms with Crippen LogP contribution in [0.25, 0.3) is 0 Å². The van der Waals surface area contributed by atoms with Gasteiger partial charge in [-0.15, -0.1) is 16.4 Å². The van der Waals surface area contributed by atoms with E-state index >= 15 is 0 Å². The molecular weight excluding hydrogens is 276 g/mol. The van der Waals surface area contributed by atoms with E-state index in [2.05, 4.69) is 15.6 Å². The summed E-state index contributed by atoms with van der Waals surface area (Å²) >= 11 is 1.68. The highest BCUT2D eigenvalue weighted by molar-refractivity contribution is 7.09. The van der Waals surface area contributed by atoms with E-state index in [1.165, 1.54) is 9.56 Å². The number of aliphatic hydroxyl groups is 1. The second-order valence-electron chi connectivity index (χ2n) is 4.44. The molecule has 2 aromatic heterocycles. The van der Waals surface area contributed by atoms with E-state index in [1.54, 1.807) is 17.5 Å². The quantitative estimate of drug-likeness (QED) is 0.802. The molecule has 6 nitrogen and oxygen atoms in total. The molecule has 0 radical (unpaired) electrons. The van der Waals surface area contributed by atoms with Crippen molar-refractivity contribution in [1.29, 1.82) is 0 Å². The highest BCUT2D eigenvalue weighted by Crippen LogP contribution is 2.11. The fraction of sp³-hybridized carbons (Fsp3) is 0.462. The largest absolute Gasteiger partial charge is 0.387 e. The van der Waals surface area contributed by atoms with Crippen LogP contribution in [0, 0.1) is 0 Å². The molecule has 0 aliphatic carbocycles. The summed E-state index contributed by atoms with van der Waals surface area (Å²) in [6.07, 6.45) is 2.39. The lowest BCUT2D eigenvalue weighted by molar-refractivity contribution is -0.121. The zero-order valence-electron chi connectivity index (χ0n) is 11.3. The number of nitrogens with zero attached hydrogens (tertiary/aromatic N) is 3. The van der Waals surface area contributed by atoms with Gasteiger partial charge in [-0.3, -0.25) is 4.79 Å². The lowest BCUT2D eigenvalue weighted by Crippen LogP contribution is -2.29. The van der Waals surface area contributed by atoms with Gasteiger partial charge in [-0.1, -0.05) is 18.2 Å². The van der Waals surface area contributed by atoms with Crippen molar-refractivity contribution in [2.24, 2.45) is 0 Å². The Morgan fingerprint density at radius 2 is 2.45 bits per heavy atom. The molecule has 0 fully saturated rings. The Hall–Kier alpha value is -1.73. The van der Waals surface area contributed by atoms with Crippen molar-refractivity contribution < 1.29 is 9.90 Å². The Morgan fingerprint density at radius 3 is 3.15 bits per heavy atom. The van der Waals surface area contributed by atoms with E-state index in [9.17, 15) is 9.90 Å². The first-order chi connectivity index (χ1) is 9.69. The standard InChI is InChI=1S/C13H18N4O2S/c1-2-12(18)11-8-17(16-15-11)9-13(19)14-6-5-10-4-3-7-20-10/h3-4,7-8,12,18H,2,5-6,9H2,1H3,(H,14,19). The van der Waals surface area contributed by atoms with Crippen molar-refractivity contribution in [3.63, 3.8) is 0 Å². The molecule has 1 unspecified atom stereocenters. The van der Waals surface area contributed by atoms with Gasteiger partial charge in [0.2, 0.25) is 5.91 Å². The molecule has 7 heteroatoms. The predicted molar refractivity (Wildman–Crippen MR) is 76.3 cm³/mol. The minimum Gasteiger partial charge on any atom is -0.387 e. The van der Waals surface area contributed by atoms with Crippen LogP contribution >= 0.6 is 11.3 Å². The summed E-state index contributed by atoms with van der Waals surface area (Å²) < 4.78 is 1.44. The van der Waals surface area contributed by atoms with Crippen LogP contribution in [0.3, 0.4) is 0 Å². The first-order valence-electron chi connectivity index (χ1n) is 6.56.